The van der Waals surface area contributed by atoms with Crippen LogP contribution in [0.15, 0.2) is 41.8 Å². The Labute approximate surface area is 134 Å². The molecule has 1 aliphatic heterocycles. The zero-order chi connectivity index (χ0) is 15.4. The minimum Gasteiger partial charge on any atom is -0.296 e. The third-order valence-corrected chi connectivity index (χ3v) is 5.24. The molecule has 22 heavy (non-hydrogen) atoms. The maximum atomic E-state index is 10.8. The van der Waals surface area contributed by atoms with Gasteiger partial charge in [0.1, 0.15) is 0 Å². The van der Waals surface area contributed by atoms with Gasteiger partial charge in [0.25, 0.3) is 0 Å². The highest BCUT2D eigenvalue weighted by Crippen LogP contribution is 2.28. The summed E-state index contributed by atoms with van der Waals surface area (Å²) in [5.74, 6) is 0. The Hall–Kier alpha value is -1.72. The van der Waals surface area contributed by atoms with Crippen molar-refractivity contribution in [2.24, 2.45) is 0 Å². The molecule has 1 aliphatic rings. The van der Waals surface area contributed by atoms with Crippen molar-refractivity contribution in [3.05, 3.63) is 63.0 Å². The Morgan fingerprint density at radius 3 is 2.82 bits per heavy atom. The Kier molecular flexibility index (Phi) is 4.85. The number of thiophene rings is 1. The molecular formula is C17H20N2O2S. The number of benzene rings is 1. The van der Waals surface area contributed by atoms with Gasteiger partial charge in [-0.1, -0.05) is 41.7 Å². The minimum absolute atomic E-state index is 0.245. The minimum atomic E-state index is -0.301. The number of hydrogen-bond donors (Lipinski definition) is 0. The van der Waals surface area contributed by atoms with E-state index in [0.29, 0.717) is 6.04 Å². The molecule has 2 aromatic rings. The molecule has 0 N–H and O–H groups in total. The van der Waals surface area contributed by atoms with E-state index in [1.807, 2.05) is 5.38 Å². The van der Waals surface area contributed by atoms with Crippen molar-refractivity contribution in [1.82, 2.24) is 4.90 Å². The van der Waals surface area contributed by atoms with Crippen LogP contribution < -0.4 is 0 Å². The predicted octanol–water partition coefficient (Wildman–Crippen LogP) is 4.25. The highest BCUT2D eigenvalue weighted by atomic mass is 32.1. The summed E-state index contributed by atoms with van der Waals surface area (Å²) in [5.41, 5.74) is 2.46. The molecule has 116 valence electrons. The van der Waals surface area contributed by atoms with Gasteiger partial charge in [0, 0.05) is 24.0 Å². The first-order valence-corrected chi connectivity index (χ1v) is 8.60. The molecule has 1 fully saturated rings. The van der Waals surface area contributed by atoms with Crippen LogP contribution in [0.5, 0.6) is 0 Å². The number of aryl methyl sites for hydroxylation is 1. The lowest BCUT2D eigenvalue weighted by molar-refractivity contribution is -0.380. The first-order chi connectivity index (χ1) is 10.7. The molecule has 0 amide bonds. The van der Waals surface area contributed by atoms with Crippen LogP contribution in [0.3, 0.4) is 0 Å². The molecular weight excluding hydrogens is 296 g/mol. The maximum absolute atomic E-state index is 10.8. The number of likely N-dealkylation sites (tertiary alicyclic amines) is 1. The number of nitro groups is 1. The first kappa shape index (κ1) is 15.2. The van der Waals surface area contributed by atoms with Crippen molar-refractivity contribution in [3.63, 3.8) is 0 Å². The summed E-state index contributed by atoms with van der Waals surface area (Å²) in [7, 11) is 0. The average Bonchev–Trinajstić information content (AvgIpc) is 3.16. The predicted molar refractivity (Wildman–Crippen MR) is 89.2 cm³/mol. The maximum Gasteiger partial charge on any atom is 0.324 e. The fraction of sp³-hybridized carbons (Fsp3) is 0.412. The van der Waals surface area contributed by atoms with Gasteiger partial charge in [-0.05, 0) is 43.4 Å². The summed E-state index contributed by atoms with van der Waals surface area (Å²) in [6.45, 7) is 1.94. The molecule has 0 aliphatic carbocycles. The van der Waals surface area contributed by atoms with Crippen LogP contribution in [-0.4, -0.2) is 22.4 Å². The van der Waals surface area contributed by atoms with Crippen LogP contribution in [0.1, 0.15) is 30.4 Å². The van der Waals surface area contributed by atoms with Gasteiger partial charge in [-0.3, -0.25) is 15.0 Å². The topological polar surface area (TPSA) is 46.4 Å². The molecule has 4 nitrogen and oxygen atoms in total. The van der Waals surface area contributed by atoms with E-state index in [1.54, 1.807) is 6.07 Å². The van der Waals surface area contributed by atoms with Crippen LogP contribution >= 0.6 is 11.3 Å². The summed E-state index contributed by atoms with van der Waals surface area (Å²) in [5, 5.41) is 12.9. The van der Waals surface area contributed by atoms with Gasteiger partial charge in [-0.2, -0.15) is 0 Å². The van der Waals surface area contributed by atoms with E-state index in [-0.39, 0.29) is 9.92 Å². The van der Waals surface area contributed by atoms with Crippen LogP contribution in [0.25, 0.3) is 0 Å². The Balaban J connectivity index is 1.57. The second-order valence-corrected chi connectivity index (χ2v) is 6.73. The smallest absolute Gasteiger partial charge is 0.296 e. The lowest BCUT2D eigenvalue weighted by Gasteiger charge is -2.24. The average molecular weight is 316 g/mol. The highest BCUT2D eigenvalue weighted by molar-refractivity contribution is 7.13. The molecule has 3 rings (SSSR count). The van der Waals surface area contributed by atoms with Crippen molar-refractivity contribution in [2.75, 3.05) is 6.54 Å². The van der Waals surface area contributed by atoms with Gasteiger partial charge in [0.2, 0.25) is 0 Å². The Bertz CT molecular complexity index is 627. The second-order valence-electron chi connectivity index (χ2n) is 5.84. The molecule has 2 heterocycles. The van der Waals surface area contributed by atoms with Gasteiger partial charge in [-0.15, -0.1) is 0 Å². The van der Waals surface area contributed by atoms with E-state index in [1.165, 1.54) is 29.7 Å². The SMILES string of the molecule is O=[N+]([O-])c1cc(CN2CCC[C@H]2CCc2ccccc2)cs1. The van der Waals surface area contributed by atoms with E-state index >= 15 is 0 Å². The van der Waals surface area contributed by atoms with Gasteiger partial charge in [0.15, 0.2) is 0 Å². The Morgan fingerprint density at radius 1 is 1.27 bits per heavy atom. The summed E-state index contributed by atoms with van der Waals surface area (Å²) < 4.78 is 0. The highest BCUT2D eigenvalue weighted by Gasteiger charge is 2.25. The van der Waals surface area contributed by atoms with E-state index in [9.17, 15) is 10.1 Å². The molecule has 5 heteroatoms. The van der Waals surface area contributed by atoms with Crippen molar-refractivity contribution < 1.29 is 4.92 Å². The number of nitrogens with zero attached hydrogens (tertiary/aromatic N) is 2. The van der Waals surface area contributed by atoms with Gasteiger partial charge in [0.05, 0.1) is 4.92 Å². The van der Waals surface area contributed by atoms with E-state index in [0.717, 1.165) is 31.5 Å². The summed E-state index contributed by atoms with van der Waals surface area (Å²) in [6.07, 6.45) is 4.73. The molecule has 0 bridgehead atoms. The van der Waals surface area contributed by atoms with Crippen LogP contribution in [0, 0.1) is 10.1 Å². The first-order valence-electron chi connectivity index (χ1n) is 7.72. The standard InChI is InChI=1S/C17H20N2O2S/c20-19(21)17-11-15(13-22-17)12-18-10-4-7-16(18)9-8-14-5-2-1-3-6-14/h1-3,5-6,11,13,16H,4,7-10,12H2/t16-/m0/s1. The normalized spacial score (nSPS) is 18.6. The molecule has 1 aromatic carbocycles. The Morgan fingerprint density at radius 2 is 2.09 bits per heavy atom. The van der Waals surface area contributed by atoms with Crippen molar-refractivity contribution in [1.29, 1.82) is 0 Å². The summed E-state index contributed by atoms with van der Waals surface area (Å²) in [4.78, 5) is 13.0. The lowest BCUT2D eigenvalue weighted by atomic mass is 10.0. The monoisotopic (exact) mass is 316 g/mol. The zero-order valence-electron chi connectivity index (χ0n) is 12.5. The fourth-order valence-corrected chi connectivity index (χ4v) is 3.90. The summed E-state index contributed by atoms with van der Waals surface area (Å²) in [6, 6.07) is 12.9. The van der Waals surface area contributed by atoms with Crippen LogP contribution in [0.4, 0.5) is 5.00 Å². The van der Waals surface area contributed by atoms with E-state index in [2.05, 4.69) is 35.2 Å². The molecule has 0 radical (unpaired) electrons. The molecule has 0 unspecified atom stereocenters. The third-order valence-electron chi connectivity index (χ3n) is 4.31. The van der Waals surface area contributed by atoms with Crippen LogP contribution in [-0.2, 0) is 13.0 Å². The molecule has 0 saturated carbocycles. The van der Waals surface area contributed by atoms with Gasteiger partial charge in [-0.25, -0.2) is 0 Å². The molecule has 1 atom stereocenters. The number of hydrogen-bond acceptors (Lipinski definition) is 4. The molecule has 0 spiro atoms. The van der Waals surface area contributed by atoms with E-state index in [4.69, 9.17) is 0 Å². The molecule has 1 saturated heterocycles. The van der Waals surface area contributed by atoms with Crippen molar-refractivity contribution in [3.8, 4) is 0 Å². The van der Waals surface area contributed by atoms with Crippen molar-refractivity contribution in [2.45, 2.75) is 38.3 Å². The summed E-state index contributed by atoms with van der Waals surface area (Å²) >= 11 is 1.23. The largest absolute Gasteiger partial charge is 0.324 e. The molecule has 1 aromatic heterocycles. The van der Waals surface area contributed by atoms with Gasteiger partial charge < -0.3 is 0 Å². The second kappa shape index (κ2) is 7.03. The number of rotatable bonds is 6. The third kappa shape index (κ3) is 3.72. The zero-order valence-corrected chi connectivity index (χ0v) is 13.3. The fourth-order valence-electron chi connectivity index (χ4n) is 3.18. The van der Waals surface area contributed by atoms with Gasteiger partial charge >= 0.3 is 5.00 Å². The van der Waals surface area contributed by atoms with Crippen molar-refractivity contribution >= 4 is 16.3 Å². The lowest BCUT2D eigenvalue weighted by Crippen LogP contribution is -2.29. The van der Waals surface area contributed by atoms with Crippen LogP contribution in [0.2, 0.25) is 0 Å². The van der Waals surface area contributed by atoms with E-state index < -0.39 is 0 Å². The quantitative estimate of drug-likeness (QED) is 0.591.